The molecule has 1 N–H and O–H groups in total. The highest BCUT2D eigenvalue weighted by Crippen LogP contribution is 2.37. The fourth-order valence-electron chi connectivity index (χ4n) is 3.17. The molecule has 0 aliphatic rings. The van der Waals surface area contributed by atoms with Gasteiger partial charge >= 0.3 is 0 Å². The quantitative estimate of drug-likeness (QED) is 0.477. The van der Waals surface area contributed by atoms with Gasteiger partial charge in [-0.2, -0.15) is 0 Å². The number of halogens is 1. The van der Waals surface area contributed by atoms with E-state index in [-0.39, 0.29) is 0 Å². The summed E-state index contributed by atoms with van der Waals surface area (Å²) in [4.78, 5) is 0. The van der Waals surface area contributed by atoms with Crippen LogP contribution in [0.15, 0.2) is 65.1 Å². The maximum absolute atomic E-state index is 10.5. The summed E-state index contributed by atoms with van der Waals surface area (Å²) in [5.41, 5.74) is 3.48. The molecule has 0 bridgehead atoms. The minimum atomic E-state index is -0.983. The van der Waals surface area contributed by atoms with Crippen molar-refractivity contribution in [2.24, 2.45) is 0 Å². The van der Waals surface area contributed by atoms with Crippen LogP contribution in [-0.2, 0) is 5.60 Å². The second kappa shape index (κ2) is 5.37. The van der Waals surface area contributed by atoms with Crippen molar-refractivity contribution in [2.45, 2.75) is 19.4 Å². The third-order valence-corrected chi connectivity index (χ3v) is 4.57. The van der Waals surface area contributed by atoms with Crippen LogP contribution in [0, 0.1) is 0 Å². The van der Waals surface area contributed by atoms with Gasteiger partial charge in [-0.15, -0.1) is 0 Å². The van der Waals surface area contributed by atoms with Crippen molar-refractivity contribution in [1.29, 1.82) is 0 Å². The van der Waals surface area contributed by atoms with Crippen LogP contribution < -0.4 is 0 Å². The molecule has 0 aliphatic carbocycles. The lowest BCUT2D eigenvalue weighted by Gasteiger charge is -2.22. The van der Waals surface area contributed by atoms with E-state index in [9.17, 15) is 5.11 Å². The Bertz CT molecular complexity index is 1050. The van der Waals surface area contributed by atoms with E-state index in [1.807, 2.05) is 42.5 Å². The van der Waals surface area contributed by atoms with Gasteiger partial charge in [-0.25, -0.2) is 0 Å². The molecule has 3 heteroatoms. The van der Waals surface area contributed by atoms with Gasteiger partial charge in [0.25, 0.3) is 0 Å². The summed E-state index contributed by atoms with van der Waals surface area (Å²) in [6, 6.07) is 19.8. The van der Waals surface area contributed by atoms with Crippen LogP contribution in [0.1, 0.15) is 19.4 Å². The molecular formula is C21H17ClO2. The fraction of sp³-hybridized carbons (Fsp3) is 0.143. The van der Waals surface area contributed by atoms with Gasteiger partial charge in [0.1, 0.15) is 11.2 Å². The zero-order chi connectivity index (χ0) is 16.9. The van der Waals surface area contributed by atoms with Gasteiger partial charge in [-0.3, -0.25) is 0 Å². The van der Waals surface area contributed by atoms with Gasteiger partial charge in [0.2, 0.25) is 0 Å². The van der Waals surface area contributed by atoms with E-state index in [0.717, 1.165) is 38.6 Å². The number of furan rings is 1. The van der Waals surface area contributed by atoms with E-state index >= 15 is 0 Å². The molecule has 2 nitrogen and oxygen atoms in total. The Morgan fingerprint density at radius 2 is 1.62 bits per heavy atom. The van der Waals surface area contributed by atoms with Crippen molar-refractivity contribution in [3.63, 3.8) is 0 Å². The Kier molecular flexibility index (Phi) is 3.41. The van der Waals surface area contributed by atoms with Crippen molar-refractivity contribution in [3.8, 4) is 11.1 Å². The van der Waals surface area contributed by atoms with Gasteiger partial charge in [0.05, 0.1) is 5.60 Å². The summed E-state index contributed by atoms with van der Waals surface area (Å²) in [7, 11) is 0. The molecule has 3 aromatic carbocycles. The zero-order valence-electron chi connectivity index (χ0n) is 13.5. The third-order valence-electron chi connectivity index (χ3n) is 4.33. The SMILES string of the molecule is CC(C)(O)c1cc(Cl)ccc1-c1ccc2c(c1)oc1ccccc12. The van der Waals surface area contributed by atoms with Gasteiger partial charge in [0, 0.05) is 15.8 Å². The number of rotatable bonds is 2. The van der Waals surface area contributed by atoms with Crippen LogP contribution in [0.4, 0.5) is 0 Å². The molecule has 4 aromatic rings. The largest absolute Gasteiger partial charge is 0.456 e. The lowest BCUT2D eigenvalue weighted by Crippen LogP contribution is -2.16. The van der Waals surface area contributed by atoms with Gasteiger partial charge in [-0.1, -0.05) is 41.9 Å². The van der Waals surface area contributed by atoms with Crippen molar-refractivity contribution in [2.75, 3.05) is 0 Å². The first-order valence-electron chi connectivity index (χ1n) is 7.87. The zero-order valence-corrected chi connectivity index (χ0v) is 14.3. The molecule has 0 fully saturated rings. The van der Waals surface area contributed by atoms with Crippen LogP contribution >= 0.6 is 11.6 Å². The summed E-state index contributed by atoms with van der Waals surface area (Å²) in [5, 5.41) is 13.3. The van der Waals surface area contributed by atoms with E-state index in [1.165, 1.54) is 0 Å². The Balaban J connectivity index is 1.96. The summed E-state index contributed by atoms with van der Waals surface area (Å²) < 4.78 is 5.98. The number of hydrogen-bond donors (Lipinski definition) is 1. The highest BCUT2D eigenvalue weighted by atomic mass is 35.5. The van der Waals surface area contributed by atoms with Crippen LogP contribution in [0.2, 0.25) is 5.02 Å². The number of para-hydroxylation sites is 1. The Hall–Kier alpha value is -2.29. The molecule has 0 unspecified atom stereocenters. The Morgan fingerprint density at radius 3 is 2.42 bits per heavy atom. The lowest BCUT2D eigenvalue weighted by molar-refractivity contribution is 0.0792. The summed E-state index contributed by atoms with van der Waals surface area (Å²) in [6.45, 7) is 3.53. The predicted molar refractivity (Wildman–Crippen MR) is 99.4 cm³/mol. The van der Waals surface area contributed by atoms with E-state index < -0.39 is 5.60 Å². The number of benzene rings is 3. The molecule has 1 aromatic heterocycles. The first-order valence-corrected chi connectivity index (χ1v) is 8.25. The first-order chi connectivity index (χ1) is 11.4. The number of hydrogen-bond acceptors (Lipinski definition) is 2. The molecule has 0 saturated heterocycles. The maximum Gasteiger partial charge on any atom is 0.136 e. The topological polar surface area (TPSA) is 33.4 Å². The molecule has 0 radical (unpaired) electrons. The molecular weight excluding hydrogens is 320 g/mol. The van der Waals surface area contributed by atoms with E-state index in [1.54, 1.807) is 13.8 Å². The average molecular weight is 337 g/mol. The molecule has 0 amide bonds. The smallest absolute Gasteiger partial charge is 0.136 e. The van der Waals surface area contributed by atoms with Gasteiger partial charge in [0.15, 0.2) is 0 Å². The van der Waals surface area contributed by atoms with E-state index in [4.69, 9.17) is 16.0 Å². The van der Waals surface area contributed by atoms with Crippen LogP contribution in [0.25, 0.3) is 33.1 Å². The number of fused-ring (bicyclic) bond motifs is 3. The van der Waals surface area contributed by atoms with Crippen molar-refractivity contribution in [1.82, 2.24) is 0 Å². The van der Waals surface area contributed by atoms with Gasteiger partial charge < -0.3 is 9.52 Å². The normalized spacial score (nSPS) is 12.2. The molecule has 0 saturated carbocycles. The fourth-order valence-corrected chi connectivity index (χ4v) is 3.34. The van der Waals surface area contributed by atoms with Crippen molar-refractivity contribution in [3.05, 3.63) is 71.2 Å². The highest BCUT2D eigenvalue weighted by molar-refractivity contribution is 6.30. The Morgan fingerprint density at radius 1 is 0.875 bits per heavy atom. The minimum Gasteiger partial charge on any atom is -0.456 e. The summed E-state index contributed by atoms with van der Waals surface area (Å²) in [5.74, 6) is 0. The van der Waals surface area contributed by atoms with Crippen LogP contribution in [0.5, 0.6) is 0 Å². The maximum atomic E-state index is 10.5. The standard InChI is InChI=1S/C21H17ClO2/c1-21(2,23)18-12-14(22)8-10-15(18)13-7-9-17-16-5-3-4-6-19(16)24-20(17)11-13/h3-12,23H,1-2H3. The van der Waals surface area contributed by atoms with Crippen LogP contribution in [0.3, 0.4) is 0 Å². The summed E-state index contributed by atoms with van der Waals surface area (Å²) >= 11 is 6.13. The minimum absolute atomic E-state index is 0.612. The number of aliphatic hydroxyl groups is 1. The molecule has 0 aliphatic heterocycles. The molecule has 0 atom stereocenters. The van der Waals surface area contributed by atoms with Crippen LogP contribution in [-0.4, -0.2) is 5.11 Å². The van der Waals surface area contributed by atoms with E-state index in [0.29, 0.717) is 5.02 Å². The lowest BCUT2D eigenvalue weighted by atomic mass is 9.89. The Labute approximate surface area is 145 Å². The molecule has 4 rings (SSSR count). The molecule has 1 heterocycles. The molecule has 120 valence electrons. The van der Waals surface area contributed by atoms with Crippen molar-refractivity contribution < 1.29 is 9.52 Å². The molecule has 0 spiro atoms. The summed E-state index contributed by atoms with van der Waals surface area (Å²) in [6.07, 6.45) is 0. The van der Waals surface area contributed by atoms with Crippen molar-refractivity contribution >= 4 is 33.5 Å². The average Bonchev–Trinajstić information content (AvgIpc) is 2.91. The highest BCUT2D eigenvalue weighted by Gasteiger charge is 2.21. The van der Waals surface area contributed by atoms with E-state index in [2.05, 4.69) is 18.2 Å². The third kappa shape index (κ3) is 2.48. The van der Waals surface area contributed by atoms with Gasteiger partial charge in [-0.05, 0) is 60.9 Å². The first kappa shape index (κ1) is 15.3. The monoisotopic (exact) mass is 336 g/mol. The second-order valence-electron chi connectivity index (χ2n) is 6.56. The predicted octanol–water partition coefficient (Wildman–Crippen LogP) is 6.13. The second-order valence-corrected chi connectivity index (χ2v) is 6.99. The molecule has 24 heavy (non-hydrogen) atoms.